The van der Waals surface area contributed by atoms with Gasteiger partial charge >= 0.3 is 6.18 Å². The monoisotopic (exact) mass is 461 g/mol. The van der Waals surface area contributed by atoms with Gasteiger partial charge in [-0.15, -0.1) is 0 Å². The number of thiocarbonyl (C=S) groups is 1. The van der Waals surface area contributed by atoms with Crippen LogP contribution < -0.4 is 4.90 Å². The van der Waals surface area contributed by atoms with Gasteiger partial charge in [-0.05, 0) is 30.3 Å². The van der Waals surface area contributed by atoms with Crippen LogP contribution in [-0.4, -0.2) is 41.0 Å². The van der Waals surface area contributed by atoms with Gasteiger partial charge in [0.1, 0.15) is 16.4 Å². The molecule has 4 rings (SSSR count). The molecule has 10 heteroatoms. The van der Waals surface area contributed by atoms with E-state index in [0.29, 0.717) is 53.9 Å². The molecule has 1 saturated heterocycles. The summed E-state index contributed by atoms with van der Waals surface area (Å²) in [5.41, 5.74) is 0.185. The molecule has 0 saturated carbocycles. The Morgan fingerprint density at radius 2 is 1.72 bits per heavy atom. The maximum absolute atomic E-state index is 13.0. The summed E-state index contributed by atoms with van der Waals surface area (Å²) in [5.74, 6) is 0.693. The molecule has 166 valence electrons. The number of anilines is 1. The third-order valence-electron chi connectivity index (χ3n) is 5.28. The molecule has 2 heterocycles. The molecule has 0 amide bonds. The molecular weight excluding hydrogens is 443 g/mol. The number of piperazine rings is 1. The first kappa shape index (κ1) is 21.8. The number of nitro groups is 1. The van der Waals surface area contributed by atoms with Gasteiger partial charge in [-0.25, -0.2) is 0 Å². The van der Waals surface area contributed by atoms with Crippen LogP contribution in [0.25, 0.3) is 11.3 Å². The highest BCUT2D eigenvalue weighted by Gasteiger charge is 2.31. The van der Waals surface area contributed by atoms with Crippen molar-refractivity contribution >= 4 is 28.6 Å². The topological polar surface area (TPSA) is 62.8 Å². The summed E-state index contributed by atoms with van der Waals surface area (Å²) in [6.45, 7) is 2.13. The Morgan fingerprint density at radius 3 is 2.41 bits per heavy atom. The quantitative estimate of drug-likeness (QED) is 0.296. The van der Waals surface area contributed by atoms with Gasteiger partial charge in [-0.3, -0.25) is 10.1 Å². The molecule has 1 aliphatic heterocycles. The van der Waals surface area contributed by atoms with Crippen LogP contribution in [0.3, 0.4) is 0 Å². The summed E-state index contributed by atoms with van der Waals surface area (Å²) in [5, 5.41) is 11.3. The first-order valence-electron chi connectivity index (χ1n) is 9.79. The number of hydrogen-bond acceptors (Lipinski definition) is 5. The number of nitro benzene ring substituents is 1. The lowest BCUT2D eigenvalue weighted by molar-refractivity contribution is -0.384. The Morgan fingerprint density at radius 1 is 1.00 bits per heavy atom. The lowest BCUT2D eigenvalue weighted by atomic mass is 10.1. The number of furan rings is 1. The van der Waals surface area contributed by atoms with Gasteiger partial charge < -0.3 is 14.2 Å². The van der Waals surface area contributed by atoms with Crippen molar-refractivity contribution in [2.45, 2.75) is 6.18 Å². The fourth-order valence-electron chi connectivity index (χ4n) is 3.65. The molecule has 0 N–H and O–H groups in total. The number of para-hydroxylation sites is 2. The van der Waals surface area contributed by atoms with Crippen molar-refractivity contribution in [3.63, 3.8) is 0 Å². The average Bonchev–Trinajstić information content (AvgIpc) is 3.28. The van der Waals surface area contributed by atoms with Crippen molar-refractivity contribution in [1.82, 2.24) is 4.90 Å². The van der Waals surface area contributed by atoms with E-state index in [0.717, 1.165) is 12.1 Å². The molecule has 2 aromatic carbocycles. The Balaban J connectivity index is 1.45. The molecular formula is C22H18F3N3O3S. The van der Waals surface area contributed by atoms with Gasteiger partial charge in [0.2, 0.25) is 0 Å². The Bertz CT molecular complexity index is 1150. The molecule has 0 radical (unpaired) electrons. The number of hydrogen-bond donors (Lipinski definition) is 0. The van der Waals surface area contributed by atoms with Crippen LogP contribution in [0.15, 0.2) is 65.1 Å². The van der Waals surface area contributed by atoms with E-state index in [-0.39, 0.29) is 5.69 Å². The predicted octanol–water partition coefficient (Wildman–Crippen LogP) is 5.37. The maximum atomic E-state index is 13.0. The van der Waals surface area contributed by atoms with Gasteiger partial charge in [-0.2, -0.15) is 13.2 Å². The van der Waals surface area contributed by atoms with Gasteiger partial charge in [0.05, 0.1) is 10.5 Å². The average molecular weight is 461 g/mol. The van der Waals surface area contributed by atoms with Crippen LogP contribution in [0.2, 0.25) is 0 Å². The van der Waals surface area contributed by atoms with Crippen LogP contribution >= 0.6 is 12.2 Å². The molecule has 0 unspecified atom stereocenters. The van der Waals surface area contributed by atoms with Crippen molar-refractivity contribution in [3.05, 3.63) is 82.1 Å². The normalized spacial score (nSPS) is 14.5. The zero-order chi connectivity index (χ0) is 22.9. The van der Waals surface area contributed by atoms with E-state index in [1.54, 1.807) is 36.4 Å². The van der Waals surface area contributed by atoms with E-state index >= 15 is 0 Å². The van der Waals surface area contributed by atoms with E-state index in [4.69, 9.17) is 16.6 Å². The van der Waals surface area contributed by atoms with Crippen LogP contribution in [0.5, 0.6) is 0 Å². The molecule has 1 aliphatic rings. The lowest BCUT2D eigenvalue weighted by Crippen LogP contribution is -2.48. The minimum absolute atomic E-state index is 0.0558. The fraction of sp³-hybridized carbons (Fsp3) is 0.227. The van der Waals surface area contributed by atoms with Crippen molar-refractivity contribution in [2.24, 2.45) is 0 Å². The van der Waals surface area contributed by atoms with Crippen molar-refractivity contribution in [2.75, 3.05) is 31.1 Å². The van der Waals surface area contributed by atoms with Gasteiger partial charge in [0, 0.05) is 37.8 Å². The highest BCUT2D eigenvalue weighted by molar-refractivity contribution is 7.80. The summed E-state index contributed by atoms with van der Waals surface area (Å²) >= 11 is 5.54. The van der Waals surface area contributed by atoms with Crippen molar-refractivity contribution < 1.29 is 22.5 Å². The van der Waals surface area contributed by atoms with E-state index in [1.807, 2.05) is 9.80 Å². The number of alkyl halides is 3. The Labute approximate surface area is 187 Å². The van der Waals surface area contributed by atoms with Gasteiger partial charge in [-0.1, -0.05) is 36.5 Å². The van der Waals surface area contributed by atoms with E-state index in [9.17, 15) is 23.3 Å². The van der Waals surface area contributed by atoms with E-state index in [1.165, 1.54) is 12.1 Å². The second kappa shape index (κ2) is 8.62. The largest absolute Gasteiger partial charge is 0.454 e. The lowest BCUT2D eigenvalue weighted by Gasteiger charge is -2.36. The highest BCUT2D eigenvalue weighted by atomic mass is 32.1. The minimum atomic E-state index is -4.44. The maximum Gasteiger partial charge on any atom is 0.416 e. The number of rotatable bonds is 4. The number of nitrogens with zero attached hydrogens (tertiary/aromatic N) is 3. The fourth-order valence-corrected chi connectivity index (χ4v) is 3.94. The SMILES string of the molecule is O=[N+]([O-])c1ccccc1N1CCN(C(=S)c2ccc(-c3cccc(C(F)(F)F)c3)o2)CC1. The second-order valence-electron chi connectivity index (χ2n) is 7.27. The number of halogens is 3. The summed E-state index contributed by atoms with van der Waals surface area (Å²) in [6.07, 6.45) is -4.44. The first-order chi connectivity index (χ1) is 15.2. The molecule has 32 heavy (non-hydrogen) atoms. The zero-order valence-corrected chi connectivity index (χ0v) is 17.5. The van der Waals surface area contributed by atoms with Crippen LogP contribution in [-0.2, 0) is 6.18 Å². The molecule has 0 aliphatic carbocycles. The van der Waals surface area contributed by atoms with Gasteiger partial charge in [0.15, 0.2) is 5.76 Å². The van der Waals surface area contributed by atoms with Crippen LogP contribution in [0, 0.1) is 10.1 Å². The van der Waals surface area contributed by atoms with Gasteiger partial charge in [0.25, 0.3) is 5.69 Å². The summed E-state index contributed by atoms with van der Waals surface area (Å²) in [7, 11) is 0. The molecule has 0 bridgehead atoms. The highest BCUT2D eigenvalue weighted by Crippen LogP contribution is 2.33. The number of benzene rings is 2. The van der Waals surface area contributed by atoms with Crippen LogP contribution in [0.4, 0.5) is 24.5 Å². The van der Waals surface area contributed by atoms with E-state index < -0.39 is 16.7 Å². The third kappa shape index (κ3) is 4.45. The molecule has 1 fully saturated rings. The van der Waals surface area contributed by atoms with Crippen LogP contribution in [0.1, 0.15) is 11.3 Å². The van der Waals surface area contributed by atoms with Crippen molar-refractivity contribution in [1.29, 1.82) is 0 Å². The zero-order valence-electron chi connectivity index (χ0n) is 16.7. The molecule has 3 aromatic rings. The summed E-state index contributed by atoms with van der Waals surface area (Å²) in [4.78, 5) is 15.2. The Kier molecular flexibility index (Phi) is 5.88. The predicted molar refractivity (Wildman–Crippen MR) is 118 cm³/mol. The molecule has 6 nitrogen and oxygen atoms in total. The van der Waals surface area contributed by atoms with E-state index in [2.05, 4.69) is 0 Å². The second-order valence-corrected chi connectivity index (χ2v) is 7.65. The Hall–Kier alpha value is -3.40. The first-order valence-corrected chi connectivity index (χ1v) is 10.2. The molecule has 1 aromatic heterocycles. The standard InChI is InChI=1S/C22H18F3N3O3S/c23-22(24,25)16-5-3-4-15(14-16)19-8-9-20(31-19)21(32)27-12-10-26(11-13-27)17-6-1-2-7-18(17)28(29)30/h1-9,14H,10-13H2. The summed E-state index contributed by atoms with van der Waals surface area (Å²) in [6, 6.07) is 14.8. The molecule has 0 atom stereocenters. The third-order valence-corrected chi connectivity index (χ3v) is 5.74. The molecule has 0 spiro atoms. The minimum Gasteiger partial charge on any atom is -0.454 e. The van der Waals surface area contributed by atoms with Crippen molar-refractivity contribution in [3.8, 4) is 11.3 Å². The smallest absolute Gasteiger partial charge is 0.416 e. The summed E-state index contributed by atoms with van der Waals surface area (Å²) < 4.78 is 44.7.